The van der Waals surface area contributed by atoms with Gasteiger partial charge in [0.25, 0.3) is 0 Å². The van der Waals surface area contributed by atoms with E-state index in [1.54, 1.807) is 16.8 Å². The second-order valence-corrected chi connectivity index (χ2v) is 5.97. The second-order valence-electron chi connectivity index (χ2n) is 5.97. The minimum Gasteiger partial charge on any atom is -0.340 e. The van der Waals surface area contributed by atoms with Crippen molar-refractivity contribution in [1.29, 1.82) is 0 Å². The molecule has 0 heterocycles. The van der Waals surface area contributed by atoms with Gasteiger partial charge in [0.15, 0.2) is 0 Å². The number of benzene rings is 2. The van der Waals surface area contributed by atoms with Crippen LogP contribution >= 0.6 is 0 Å². The van der Waals surface area contributed by atoms with Crippen molar-refractivity contribution < 1.29 is 9.59 Å². The van der Waals surface area contributed by atoms with Crippen LogP contribution in [0.25, 0.3) is 0 Å². The molecule has 0 spiro atoms. The molecule has 24 heavy (non-hydrogen) atoms. The van der Waals surface area contributed by atoms with Gasteiger partial charge in [-0.1, -0.05) is 60.7 Å². The molecule has 2 aromatic carbocycles. The standard InChI is InChI=1S/C20H24N2O2/c1-16(19-12-8-5-9-13-19)22(17(2)23)15-20(24)21(3)14-18-10-6-4-7-11-18/h4-13,16H,14-15H2,1-3H3. The Morgan fingerprint density at radius 1 is 0.958 bits per heavy atom. The summed E-state index contributed by atoms with van der Waals surface area (Å²) in [5, 5.41) is 0. The van der Waals surface area contributed by atoms with Gasteiger partial charge in [-0.3, -0.25) is 9.59 Å². The Bertz CT molecular complexity index is 671. The summed E-state index contributed by atoms with van der Waals surface area (Å²) in [5.74, 6) is -0.176. The smallest absolute Gasteiger partial charge is 0.242 e. The van der Waals surface area contributed by atoms with E-state index in [9.17, 15) is 9.59 Å². The molecule has 2 aromatic rings. The largest absolute Gasteiger partial charge is 0.340 e. The van der Waals surface area contributed by atoms with Crippen molar-refractivity contribution >= 4 is 11.8 Å². The summed E-state index contributed by atoms with van der Waals surface area (Å²) >= 11 is 0. The first-order valence-corrected chi connectivity index (χ1v) is 8.09. The van der Waals surface area contributed by atoms with Gasteiger partial charge in [-0.15, -0.1) is 0 Å². The maximum absolute atomic E-state index is 12.5. The van der Waals surface area contributed by atoms with Gasteiger partial charge in [-0.2, -0.15) is 0 Å². The van der Waals surface area contributed by atoms with Crippen LogP contribution < -0.4 is 0 Å². The molecule has 0 aliphatic carbocycles. The van der Waals surface area contributed by atoms with Crippen molar-refractivity contribution in [3.05, 3.63) is 71.8 Å². The van der Waals surface area contributed by atoms with Crippen LogP contribution in [-0.4, -0.2) is 35.2 Å². The highest BCUT2D eigenvalue weighted by Crippen LogP contribution is 2.20. The lowest BCUT2D eigenvalue weighted by Gasteiger charge is -2.30. The molecule has 2 rings (SSSR count). The molecule has 4 heteroatoms. The summed E-state index contributed by atoms with van der Waals surface area (Å²) in [5.41, 5.74) is 2.09. The lowest BCUT2D eigenvalue weighted by molar-refractivity contribution is -0.140. The fourth-order valence-electron chi connectivity index (χ4n) is 2.64. The Kier molecular flexibility index (Phi) is 6.13. The van der Waals surface area contributed by atoms with Crippen molar-refractivity contribution in [1.82, 2.24) is 9.80 Å². The van der Waals surface area contributed by atoms with Crippen LogP contribution in [0.15, 0.2) is 60.7 Å². The number of carbonyl (C=O) groups is 2. The third-order valence-electron chi connectivity index (χ3n) is 4.15. The van der Waals surface area contributed by atoms with Gasteiger partial charge in [-0.25, -0.2) is 0 Å². The highest BCUT2D eigenvalue weighted by Gasteiger charge is 2.22. The third kappa shape index (κ3) is 4.69. The summed E-state index contributed by atoms with van der Waals surface area (Å²) in [6.45, 7) is 4.06. The number of rotatable bonds is 6. The van der Waals surface area contributed by atoms with E-state index in [0.717, 1.165) is 11.1 Å². The Labute approximate surface area is 143 Å². The minimum absolute atomic E-state index is 0.0724. The lowest BCUT2D eigenvalue weighted by Crippen LogP contribution is -2.41. The molecule has 0 aliphatic heterocycles. The van der Waals surface area contributed by atoms with E-state index in [0.29, 0.717) is 6.54 Å². The summed E-state index contributed by atoms with van der Waals surface area (Å²) in [6.07, 6.45) is 0. The summed E-state index contributed by atoms with van der Waals surface area (Å²) < 4.78 is 0. The van der Waals surface area contributed by atoms with E-state index >= 15 is 0 Å². The number of likely N-dealkylation sites (N-methyl/N-ethyl adjacent to an activating group) is 1. The summed E-state index contributed by atoms with van der Waals surface area (Å²) in [7, 11) is 1.76. The predicted molar refractivity (Wildman–Crippen MR) is 95.2 cm³/mol. The first kappa shape index (κ1) is 17.7. The van der Waals surface area contributed by atoms with E-state index < -0.39 is 0 Å². The Hall–Kier alpha value is -2.62. The van der Waals surface area contributed by atoms with Crippen LogP contribution in [0.1, 0.15) is 31.0 Å². The molecule has 0 aliphatic rings. The van der Waals surface area contributed by atoms with Crippen molar-refractivity contribution in [2.75, 3.05) is 13.6 Å². The number of nitrogens with zero attached hydrogens (tertiary/aromatic N) is 2. The molecule has 1 unspecified atom stereocenters. The van der Waals surface area contributed by atoms with Crippen LogP contribution in [0.4, 0.5) is 0 Å². The molecule has 1 atom stereocenters. The third-order valence-corrected chi connectivity index (χ3v) is 4.15. The molecular formula is C20H24N2O2. The zero-order valence-electron chi connectivity index (χ0n) is 14.5. The number of amides is 2. The maximum atomic E-state index is 12.5. The van der Waals surface area contributed by atoms with Crippen LogP contribution in [0, 0.1) is 0 Å². The topological polar surface area (TPSA) is 40.6 Å². The quantitative estimate of drug-likeness (QED) is 0.818. The van der Waals surface area contributed by atoms with Crippen molar-refractivity contribution in [3.8, 4) is 0 Å². The van der Waals surface area contributed by atoms with Crippen LogP contribution in [0.5, 0.6) is 0 Å². The monoisotopic (exact) mass is 324 g/mol. The average molecular weight is 324 g/mol. The molecule has 0 aromatic heterocycles. The Morgan fingerprint density at radius 2 is 1.50 bits per heavy atom. The molecule has 0 saturated heterocycles. The average Bonchev–Trinajstić information content (AvgIpc) is 2.60. The molecular weight excluding hydrogens is 300 g/mol. The van der Waals surface area contributed by atoms with E-state index in [1.807, 2.05) is 67.6 Å². The zero-order chi connectivity index (χ0) is 17.5. The summed E-state index contributed by atoms with van der Waals surface area (Å²) in [4.78, 5) is 27.8. The van der Waals surface area contributed by atoms with Crippen LogP contribution in [-0.2, 0) is 16.1 Å². The second kappa shape index (κ2) is 8.29. The normalized spacial score (nSPS) is 11.6. The lowest BCUT2D eigenvalue weighted by atomic mass is 10.1. The highest BCUT2D eigenvalue weighted by molar-refractivity contribution is 5.84. The van der Waals surface area contributed by atoms with E-state index in [-0.39, 0.29) is 24.4 Å². The van der Waals surface area contributed by atoms with Gasteiger partial charge in [0.1, 0.15) is 6.54 Å². The molecule has 0 N–H and O–H groups in total. The SMILES string of the molecule is CC(=O)N(CC(=O)N(C)Cc1ccccc1)C(C)c1ccccc1. The highest BCUT2D eigenvalue weighted by atomic mass is 16.2. The van der Waals surface area contributed by atoms with E-state index in [4.69, 9.17) is 0 Å². The summed E-state index contributed by atoms with van der Waals surface area (Å²) in [6, 6.07) is 19.4. The van der Waals surface area contributed by atoms with Gasteiger partial charge >= 0.3 is 0 Å². The number of hydrogen-bond acceptors (Lipinski definition) is 2. The first-order valence-electron chi connectivity index (χ1n) is 8.09. The van der Waals surface area contributed by atoms with Crippen LogP contribution in [0.2, 0.25) is 0 Å². The first-order chi connectivity index (χ1) is 11.5. The fraction of sp³-hybridized carbons (Fsp3) is 0.300. The molecule has 2 amide bonds. The van der Waals surface area contributed by atoms with Crippen molar-refractivity contribution in [2.45, 2.75) is 26.4 Å². The molecule has 4 nitrogen and oxygen atoms in total. The molecule has 0 radical (unpaired) electrons. The van der Waals surface area contributed by atoms with Gasteiger partial charge in [-0.05, 0) is 18.1 Å². The van der Waals surface area contributed by atoms with E-state index in [1.165, 1.54) is 6.92 Å². The molecule has 0 bridgehead atoms. The van der Waals surface area contributed by atoms with Gasteiger partial charge < -0.3 is 9.80 Å². The van der Waals surface area contributed by atoms with Crippen molar-refractivity contribution in [2.24, 2.45) is 0 Å². The minimum atomic E-state index is -0.141. The molecule has 0 saturated carbocycles. The number of carbonyl (C=O) groups excluding carboxylic acids is 2. The van der Waals surface area contributed by atoms with Gasteiger partial charge in [0, 0.05) is 20.5 Å². The van der Waals surface area contributed by atoms with Crippen molar-refractivity contribution in [3.63, 3.8) is 0 Å². The Balaban J connectivity index is 2.04. The van der Waals surface area contributed by atoms with E-state index in [2.05, 4.69) is 0 Å². The predicted octanol–water partition coefficient (Wildman–Crippen LogP) is 3.25. The molecule has 126 valence electrons. The maximum Gasteiger partial charge on any atom is 0.242 e. The number of hydrogen-bond donors (Lipinski definition) is 0. The fourth-order valence-corrected chi connectivity index (χ4v) is 2.64. The van der Waals surface area contributed by atoms with Gasteiger partial charge in [0.2, 0.25) is 11.8 Å². The van der Waals surface area contributed by atoms with Crippen LogP contribution in [0.3, 0.4) is 0 Å². The zero-order valence-corrected chi connectivity index (χ0v) is 14.5. The molecule has 0 fully saturated rings. The Morgan fingerprint density at radius 3 is 2.04 bits per heavy atom. The van der Waals surface area contributed by atoms with Gasteiger partial charge in [0.05, 0.1) is 6.04 Å².